The zero-order chi connectivity index (χ0) is 31.9. The van der Waals surface area contributed by atoms with Crippen LogP contribution in [0.2, 0.25) is 5.02 Å². The molecule has 238 valence electrons. The standard InChI is InChI=1S/C32H38ClN7O3S2/c1-17-18(2)45-30-26(17)27(20-9-11-21(33)12-10-20)35-23(29-39-38-19(3)40(29)30)15-25(42)34-14-13-22(41)7-5-6-8-24-28-32(4,16-44-24)37-31(43)36-28/h9-12,23-24,28H,5-8,13-16H2,1-4H3,(H,34,42)(H2,36,37,43)/t23?,24-,28+,32-/m0/s1. The highest BCUT2D eigenvalue weighted by Gasteiger charge is 2.51. The van der Waals surface area contributed by atoms with E-state index in [4.69, 9.17) is 16.6 Å². The number of nitrogens with zero attached hydrogens (tertiary/aromatic N) is 4. The molecule has 1 unspecified atom stereocenters. The van der Waals surface area contributed by atoms with Crippen LogP contribution in [0.25, 0.3) is 5.00 Å². The third kappa shape index (κ3) is 6.41. The summed E-state index contributed by atoms with van der Waals surface area (Å²) in [4.78, 5) is 43.9. The van der Waals surface area contributed by atoms with E-state index in [0.29, 0.717) is 28.9 Å². The largest absolute Gasteiger partial charge is 0.356 e. The smallest absolute Gasteiger partial charge is 0.315 e. The number of thioether (sulfide) groups is 1. The van der Waals surface area contributed by atoms with Crippen LogP contribution in [0, 0.1) is 20.8 Å². The number of benzene rings is 1. The summed E-state index contributed by atoms with van der Waals surface area (Å²) in [5, 5.41) is 19.8. The lowest BCUT2D eigenvalue weighted by Gasteiger charge is -2.23. The van der Waals surface area contributed by atoms with E-state index in [1.165, 1.54) is 4.88 Å². The number of Topliss-reactive ketones (excluding diaryl/α,β-unsaturated/α-hetero) is 1. The van der Waals surface area contributed by atoms with Crippen LogP contribution in [0.15, 0.2) is 29.3 Å². The summed E-state index contributed by atoms with van der Waals surface area (Å²) < 4.78 is 2.02. The maximum atomic E-state index is 13.2. The number of amides is 3. The van der Waals surface area contributed by atoms with Crippen molar-refractivity contribution in [1.29, 1.82) is 0 Å². The average Bonchev–Trinajstić information content (AvgIpc) is 3.67. The number of fused-ring (bicyclic) bond motifs is 4. The minimum Gasteiger partial charge on any atom is -0.356 e. The van der Waals surface area contributed by atoms with Gasteiger partial charge in [-0.05, 0) is 58.2 Å². The first-order chi connectivity index (χ1) is 21.5. The fourth-order valence-electron chi connectivity index (χ4n) is 6.44. The van der Waals surface area contributed by atoms with Gasteiger partial charge in [0.25, 0.3) is 0 Å². The van der Waals surface area contributed by atoms with Gasteiger partial charge in [0.05, 0.1) is 23.7 Å². The number of aryl methyl sites for hydroxylation is 2. The second kappa shape index (κ2) is 12.9. The van der Waals surface area contributed by atoms with E-state index in [0.717, 1.165) is 58.2 Å². The van der Waals surface area contributed by atoms with Crippen molar-refractivity contribution in [3.8, 4) is 5.00 Å². The number of aliphatic imine (C=N–C) groups is 1. The number of hydrogen-bond acceptors (Lipinski definition) is 8. The maximum absolute atomic E-state index is 13.2. The number of rotatable bonds is 11. The summed E-state index contributed by atoms with van der Waals surface area (Å²) in [5.74, 6) is 2.21. The minimum atomic E-state index is -0.554. The van der Waals surface area contributed by atoms with Crippen molar-refractivity contribution in [3.63, 3.8) is 0 Å². The van der Waals surface area contributed by atoms with Gasteiger partial charge in [-0.25, -0.2) is 4.79 Å². The topological polar surface area (TPSA) is 130 Å². The van der Waals surface area contributed by atoms with Gasteiger partial charge in [0.1, 0.15) is 22.7 Å². The molecule has 0 aliphatic carbocycles. The Morgan fingerprint density at radius 1 is 1.13 bits per heavy atom. The summed E-state index contributed by atoms with van der Waals surface area (Å²) in [6.45, 7) is 8.47. The SMILES string of the molecule is Cc1sc2c(c1C)C(c1ccc(Cl)cc1)=NC(CC(=O)NCCC(=O)CCCC[C@@H]1SC[C@]3(C)NC(=O)N[C@H]13)c1nnc(C)n1-2. The number of ketones is 1. The van der Waals surface area contributed by atoms with Crippen molar-refractivity contribution >= 4 is 58.1 Å². The molecular formula is C32H38ClN7O3S2. The summed E-state index contributed by atoms with van der Waals surface area (Å²) in [5.41, 5.74) is 3.68. The molecule has 0 saturated carbocycles. The molecule has 2 saturated heterocycles. The van der Waals surface area contributed by atoms with Gasteiger partial charge in [0.15, 0.2) is 5.82 Å². The number of unbranched alkanes of at least 4 members (excludes halogenated alkanes) is 1. The number of carbonyl (C=O) groups is 3. The van der Waals surface area contributed by atoms with E-state index >= 15 is 0 Å². The van der Waals surface area contributed by atoms with Crippen molar-refractivity contribution < 1.29 is 14.4 Å². The summed E-state index contributed by atoms with van der Waals surface area (Å²) in [6.07, 6.45) is 3.56. The lowest BCUT2D eigenvalue weighted by Crippen LogP contribution is -2.47. The number of thiophene rings is 1. The number of nitrogens with one attached hydrogen (secondary N) is 3. The second-order valence-electron chi connectivity index (χ2n) is 12.3. The molecule has 0 spiro atoms. The normalized spacial score (nSPS) is 23.4. The Labute approximate surface area is 276 Å². The number of hydrogen-bond donors (Lipinski definition) is 3. The van der Waals surface area contributed by atoms with Crippen LogP contribution < -0.4 is 16.0 Å². The Balaban J connectivity index is 1.05. The maximum Gasteiger partial charge on any atom is 0.315 e. The minimum absolute atomic E-state index is 0.0842. The van der Waals surface area contributed by atoms with Gasteiger partial charge in [-0.3, -0.25) is 19.1 Å². The van der Waals surface area contributed by atoms with Crippen molar-refractivity contribution in [1.82, 2.24) is 30.7 Å². The van der Waals surface area contributed by atoms with Gasteiger partial charge >= 0.3 is 6.03 Å². The van der Waals surface area contributed by atoms with E-state index in [9.17, 15) is 14.4 Å². The van der Waals surface area contributed by atoms with Gasteiger partial charge in [-0.2, -0.15) is 11.8 Å². The predicted octanol–water partition coefficient (Wildman–Crippen LogP) is 5.38. The van der Waals surface area contributed by atoms with Crippen LogP contribution in [0.5, 0.6) is 0 Å². The lowest BCUT2D eigenvalue weighted by atomic mass is 9.92. The van der Waals surface area contributed by atoms with Gasteiger partial charge in [-0.15, -0.1) is 21.5 Å². The number of aromatic nitrogens is 3. The molecule has 6 rings (SSSR count). The first-order valence-electron chi connectivity index (χ1n) is 15.4. The van der Waals surface area contributed by atoms with E-state index in [1.807, 2.05) is 47.5 Å². The molecule has 3 amide bonds. The Hall–Kier alpha value is -3.22. The molecule has 13 heteroatoms. The van der Waals surface area contributed by atoms with Crippen molar-refractivity contribution in [2.75, 3.05) is 12.3 Å². The first-order valence-corrected chi connectivity index (χ1v) is 17.6. The molecule has 3 aliphatic heterocycles. The lowest BCUT2D eigenvalue weighted by molar-refractivity contribution is -0.122. The molecule has 2 fully saturated rings. The van der Waals surface area contributed by atoms with Gasteiger partial charge in [0.2, 0.25) is 5.91 Å². The van der Waals surface area contributed by atoms with Crippen LogP contribution in [-0.4, -0.2) is 67.3 Å². The van der Waals surface area contributed by atoms with Crippen LogP contribution in [0.1, 0.15) is 84.7 Å². The van der Waals surface area contributed by atoms with Gasteiger partial charge in [0, 0.05) is 51.4 Å². The molecule has 0 radical (unpaired) electrons. The van der Waals surface area contributed by atoms with Crippen molar-refractivity contribution in [2.45, 2.75) is 89.1 Å². The van der Waals surface area contributed by atoms with Crippen LogP contribution >= 0.6 is 34.7 Å². The van der Waals surface area contributed by atoms with E-state index in [2.05, 4.69) is 46.9 Å². The highest BCUT2D eigenvalue weighted by molar-refractivity contribution is 8.00. The molecule has 3 N–H and O–H groups in total. The molecule has 0 bridgehead atoms. The molecule has 2 aromatic heterocycles. The quantitative estimate of drug-likeness (QED) is 0.186. The summed E-state index contributed by atoms with van der Waals surface area (Å²) in [6, 6.07) is 7.09. The monoisotopic (exact) mass is 667 g/mol. The fraction of sp³-hybridized carbons (Fsp3) is 0.500. The Morgan fingerprint density at radius 3 is 2.69 bits per heavy atom. The number of halogens is 1. The molecule has 4 atom stereocenters. The van der Waals surface area contributed by atoms with Crippen LogP contribution in [0.4, 0.5) is 4.79 Å². The highest BCUT2D eigenvalue weighted by atomic mass is 35.5. The van der Waals surface area contributed by atoms with Gasteiger partial charge in [-0.1, -0.05) is 30.2 Å². The number of carbonyl (C=O) groups excluding carboxylic acids is 3. The van der Waals surface area contributed by atoms with Gasteiger partial charge < -0.3 is 16.0 Å². The van der Waals surface area contributed by atoms with E-state index in [1.54, 1.807) is 11.3 Å². The second-order valence-corrected chi connectivity index (χ2v) is 15.2. The Kier molecular flexibility index (Phi) is 9.09. The Morgan fingerprint density at radius 2 is 1.91 bits per heavy atom. The zero-order valence-electron chi connectivity index (χ0n) is 25.9. The average molecular weight is 668 g/mol. The molecule has 1 aromatic carbocycles. The van der Waals surface area contributed by atoms with Crippen molar-refractivity contribution in [3.05, 3.63) is 62.5 Å². The van der Waals surface area contributed by atoms with Crippen molar-refractivity contribution in [2.24, 2.45) is 4.99 Å². The molecular weight excluding hydrogens is 630 g/mol. The fourth-order valence-corrected chi connectivity index (χ4v) is 9.49. The highest BCUT2D eigenvalue weighted by Crippen LogP contribution is 2.41. The van der Waals surface area contributed by atoms with Crippen LogP contribution in [-0.2, 0) is 9.59 Å². The Bertz CT molecular complexity index is 1670. The molecule has 5 heterocycles. The zero-order valence-corrected chi connectivity index (χ0v) is 28.3. The molecule has 3 aliphatic rings. The third-order valence-corrected chi connectivity index (χ3v) is 12.1. The first kappa shape index (κ1) is 31.7. The summed E-state index contributed by atoms with van der Waals surface area (Å²) >= 11 is 9.75. The number of urea groups is 1. The van der Waals surface area contributed by atoms with E-state index in [-0.39, 0.29) is 42.3 Å². The summed E-state index contributed by atoms with van der Waals surface area (Å²) in [7, 11) is 0. The predicted molar refractivity (Wildman–Crippen MR) is 179 cm³/mol. The van der Waals surface area contributed by atoms with Crippen LogP contribution in [0.3, 0.4) is 0 Å². The third-order valence-electron chi connectivity index (χ3n) is 9.00. The molecule has 45 heavy (non-hydrogen) atoms. The molecule has 3 aromatic rings. The molecule has 10 nitrogen and oxygen atoms in total. The van der Waals surface area contributed by atoms with E-state index < -0.39 is 6.04 Å².